The SMILES string of the molecule is CNc1cc(C)ccc1C(=O)NCCCn1ccnc1. The number of hydrogen-bond donors (Lipinski definition) is 2. The first kappa shape index (κ1) is 14.1. The zero-order valence-electron chi connectivity index (χ0n) is 11.9. The lowest BCUT2D eigenvalue weighted by Gasteiger charge is -2.11. The number of anilines is 1. The lowest BCUT2D eigenvalue weighted by Crippen LogP contribution is -2.26. The van der Waals surface area contributed by atoms with Crippen molar-refractivity contribution in [3.05, 3.63) is 48.0 Å². The second-order valence-electron chi connectivity index (χ2n) is 4.71. The minimum Gasteiger partial charge on any atom is -0.387 e. The molecule has 5 nitrogen and oxygen atoms in total. The van der Waals surface area contributed by atoms with E-state index in [-0.39, 0.29) is 5.91 Å². The van der Waals surface area contributed by atoms with Gasteiger partial charge in [0.1, 0.15) is 0 Å². The molecular formula is C15H20N4O. The Morgan fingerprint density at radius 1 is 1.40 bits per heavy atom. The summed E-state index contributed by atoms with van der Waals surface area (Å²) in [6.07, 6.45) is 6.33. The maximum atomic E-state index is 12.1. The highest BCUT2D eigenvalue weighted by atomic mass is 16.1. The van der Waals surface area contributed by atoms with Crippen molar-refractivity contribution < 1.29 is 4.79 Å². The largest absolute Gasteiger partial charge is 0.387 e. The molecule has 5 heteroatoms. The minimum absolute atomic E-state index is 0.0417. The Balaban J connectivity index is 1.85. The Hall–Kier alpha value is -2.30. The lowest BCUT2D eigenvalue weighted by molar-refractivity contribution is 0.0953. The highest BCUT2D eigenvalue weighted by Gasteiger charge is 2.09. The van der Waals surface area contributed by atoms with Crippen LogP contribution in [0.15, 0.2) is 36.9 Å². The summed E-state index contributed by atoms with van der Waals surface area (Å²) in [5, 5.41) is 6.00. The molecule has 0 bridgehead atoms. The molecule has 0 radical (unpaired) electrons. The molecule has 106 valence electrons. The van der Waals surface area contributed by atoms with Crippen molar-refractivity contribution >= 4 is 11.6 Å². The van der Waals surface area contributed by atoms with Crippen molar-refractivity contribution in [3.8, 4) is 0 Å². The molecule has 0 unspecified atom stereocenters. The molecule has 1 heterocycles. The third-order valence-electron chi connectivity index (χ3n) is 3.13. The lowest BCUT2D eigenvalue weighted by atomic mass is 10.1. The number of hydrogen-bond acceptors (Lipinski definition) is 3. The zero-order valence-corrected chi connectivity index (χ0v) is 11.9. The van der Waals surface area contributed by atoms with Crippen LogP contribution in [0, 0.1) is 6.92 Å². The normalized spacial score (nSPS) is 10.3. The van der Waals surface area contributed by atoms with Crippen LogP contribution < -0.4 is 10.6 Å². The van der Waals surface area contributed by atoms with Gasteiger partial charge in [0.05, 0.1) is 11.9 Å². The summed E-state index contributed by atoms with van der Waals surface area (Å²) < 4.78 is 2.00. The maximum absolute atomic E-state index is 12.1. The summed E-state index contributed by atoms with van der Waals surface area (Å²) in [6.45, 7) is 3.51. The summed E-state index contributed by atoms with van der Waals surface area (Å²) in [6, 6.07) is 5.77. The minimum atomic E-state index is -0.0417. The van der Waals surface area contributed by atoms with Crippen LogP contribution in [-0.2, 0) is 6.54 Å². The van der Waals surface area contributed by atoms with Crippen LogP contribution in [0.1, 0.15) is 22.3 Å². The Labute approximate surface area is 119 Å². The van der Waals surface area contributed by atoms with E-state index in [0.717, 1.165) is 24.2 Å². The van der Waals surface area contributed by atoms with Gasteiger partial charge < -0.3 is 15.2 Å². The number of imidazole rings is 1. The highest BCUT2D eigenvalue weighted by Crippen LogP contribution is 2.16. The summed E-state index contributed by atoms with van der Waals surface area (Å²) in [5.74, 6) is -0.0417. The fraction of sp³-hybridized carbons (Fsp3) is 0.333. The number of benzene rings is 1. The molecule has 0 spiro atoms. The Morgan fingerprint density at radius 3 is 2.95 bits per heavy atom. The van der Waals surface area contributed by atoms with Crippen LogP contribution in [0.4, 0.5) is 5.69 Å². The number of carbonyl (C=O) groups excluding carboxylic acids is 1. The number of amides is 1. The van der Waals surface area contributed by atoms with E-state index >= 15 is 0 Å². The van der Waals surface area contributed by atoms with Gasteiger partial charge in [-0.25, -0.2) is 4.98 Å². The van der Waals surface area contributed by atoms with Crippen molar-refractivity contribution in [2.24, 2.45) is 0 Å². The number of aryl methyl sites for hydroxylation is 2. The quantitative estimate of drug-likeness (QED) is 0.791. The molecule has 1 aromatic heterocycles. The molecule has 20 heavy (non-hydrogen) atoms. The zero-order chi connectivity index (χ0) is 14.4. The third kappa shape index (κ3) is 3.60. The molecule has 0 fully saturated rings. The van der Waals surface area contributed by atoms with E-state index in [2.05, 4.69) is 15.6 Å². The Kier molecular flexibility index (Phi) is 4.76. The van der Waals surface area contributed by atoms with E-state index in [9.17, 15) is 4.79 Å². The molecule has 1 amide bonds. The number of aromatic nitrogens is 2. The average molecular weight is 272 g/mol. The van der Waals surface area contributed by atoms with Gasteiger partial charge in [0.25, 0.3) is 5.91 Å². The predicted octanol–water partition coefficient (Wildman–Crippen LogP) is 2.05. The maximum Gasteiger partial charge on any atom is 0.253 e. The predicted molar refractivity (Wildman–Crippen MR) is 79.9 cm³/mol. The average Bonchev–Trinajstić information content (AvgIpc) is 2.96. The van der Waals surface area contributed by atoms with Gasteiger partial charge in [-0.2, -0.15) is 0 Å². The van der Waals surface area contributed by atoms with Gasteiger partial charge in [-0.05, 0) is 31.0 Å². The summed E-state index contributed by atoms with van der Waals surface area (Å²) in [4.78, 5) is 16.1. The van der Waals surface area contributed by atoms with Gasteiger partial charge in [0, 0.05) is 38.2 Å². The van der Waals surface area contributed by atoms with Crippen LogP contribution in [0.5, 0.6) is 0 Å². The van der Waals surface area contributed by atoms with Crippen molar-refractivity contribution in [2.45, 2.75) is 19.9 Å². The third-order valence-corrected chi connectivity index (χ3v) is 3.13. The topological polar surface area (TPSA) is 59.0 Å². The van der Waals surface area contributed by atoms with Gasteiger partial charge in [-0.3, -0.25) is 4.79 Å². The van der Waals surface area contributed by atoms with E-state index < -0.39 is 0 Å². The van der Waals surface area contributed by atoms with Gasteiger partial charge in [0.15, 0.2) is 0 Å². The summed E-state index contributed by atoms with van der Waals surface area (Å²) in [5.41, 5.74) is 2.67. The monoisotopic (exact) mass is 272 g/mol. The van der Waals surface area contributed by atoms with Gasteiger partial charge in [0.2, 0.25) is 0 Å². The van der Waals surface area contributed by atoms with Crippen LogP contribution in [0.2, 0.25) is 0 Å². The molecule has 2 rings (SSSR count). The van der Waals surface area contributed by atoms with Crippen molar-refractivity contribution in [1.29, 1.82) is 0 Å². The second-order valence-corrected chi connectivity index (χ2v) is 4.71. The van der Waals surface area contributed by atoms with Crippen LogP contribution in [0.3, 0.4) is 0 Å². The molecule has 2 N–H and O–H groups in total. The molecule has 0 saturated heterocycles. The van der Waals surface area contributed by atoms with Gasteiger partial charge >= 0.3 is 0 Å². The highest BCUT2D eigenvalue weighted by molar-refractivity contribution is 5.99. The number of rotatable bonds is 6. The first-order chi connectivity index (χ1) is 9.70. The number of carbonyl (C=O) groups is 1. The molecular weight excluding hydrogens is 252 g/mol. The van der Waals surface area contributed by atoms with Gasteiger partial charge in [-0.1, -0.05) is 6.07 Å². The van der Waals surface area contributed by atoms with Crippen molar-refractivity contribution in [3.63, 3.8) is 0 Å². The van der Waals surface area contributed by atoms with E-state index in [1.807, 2.05) is 42.9 Å². The first-order valence-corrected chi connectivity index (χ1v) is 6.73. The van der Waals surface area contributed by atoms with Gasteiger partial charge in [-0.15, -0.1) is 0 Å². The molecule has 0 saturated carbocycles. The van der Waals surface area contributed by atoms with Crippen LogP contribution >= 0.6 is 0 Å². The summed E-state index contributed by atoms with van der Waals surface area (Å²) in [7, 11) is 1.82. The Morgan fingerprint density at radius 2 is 2.25 bits per heavy atom. The molecule has 0 atom stereocenters. The van der Waals surface area contributed by atoms with Crippen molar-refractivity contribution in [1.82, 2.24) is 14.9 Å². The standard InChI is InChI=1S/C15H20N4O/c1-12-4-5-13(14(10-12)16-2)15(20)18-6-3-8-19-9-7-17-11-19/h4-5,7,9-11,16H,3,6,8H2,1-2H3,(H,18,20). The van der Waals surface area contributed by atoms with E-state index in [1.165, 1.54) is 0 Å². The van der Waals surface area contributed by atoms with Crippen LogP contribution in [0.25, 0.3) is 0 Å². The second kappa shape index (κ2) is 6.75. The molecule has 0 aliphatic rings. The number of nitrogens with zero attached hydrogens (tertiary/aromatic N) is 2. The van der Waals surface area contributed by atoms with E-state index in [0.29, 0.717) is 12.1 Å². The van der Waals surface area contributed by atoms with E-state index in [1.54, 1.807) is 12.5 Å². The fourth-order valence-electron chi connectivity index (χ4n) is 2.04. The Bertz CT molecular complexity index is 563. The fourth-order valence-corrected chi connectivity index (χ4v) is 2.04. The van der Waals surface area contributed by atoms with Crippen LogP contribution in [-0.4, -0.2) is 29.1 Å². The molecule has 2 aromatic rings. The molecule has 1 aromatic carbocycles. The van der Waals surface area contributed by atoms with E-state index in [4.69, 9.17) is 0 Å². The van der Waals surface area contributed by atoms with Crippen molar-refractivity contribution in [2.75, 3.05) is 18.9 Å². The number of nitrogens with one attached hydrogen (secondary N) is 2. The molecule has 0 aliphatic carbocycles. The smallest absolute Gasteiger partial charge is 0.253 e. The summed E-state index contributed by atoms with van der Waals surface area (Å²) >= 11 is 0. The molecule has 0 aliphatic heterocycles. The first-order valence-electron chi connectivity index (χ1n) is 6.73.